The van der Waals surface area contributed by atoms with Crippen molar-refractivity contribution in [2.75, 3.05) is 4.90 Å². The van der Waals surface area contributed by atoms with Gasteiger partial charge in [-0.3, -0.25) is 0 Å². The summed E-state index contributed by atoms with van der Waals surface area (Å²) in [4.78, 5) is 2.42. The van der Waals surface area contributed by atoms with Crippen LogP contribution in [0, 0.1) is 0 Å². The molecule has 0 fully saturated rings. The number of hydrogen-bond acceptors (Lipinski definition) is 3. The third-order valence-corrected chi connectivity index (χ3v) is 12.5. The fourth-order valence-electron chi connectivity index (χ4n) is 8.78. The van der Waals surface area contributed by atoms with Crippen molar-refractivity contribution >= 4 is 70.5 Å². The van der Waals surface area contributed by atoms with Gasteiger partial charge in [0.25, 0.3) is 0 Å². The SMILES string of the molecule is CC1(c2ccc3oc4ccc(N(c5ccc(-c6ccccc6)cc5)c5cccc6sc7ccccc7c56)cc4c3c2)c2ccccc2-c2ccccc21. The molecular formula is C50H33NOS. The van der Waals surface area contributed by atoms with Gasteiger partial charge in [-0.05, 0) is 107 Å². The van der Waals surface area contributed by atoms with Crippen molar-refractivity contribution in [2.24, 2.45) is 0 Å². The van der Waals surface area contributed by atoms with Crippen LogP contribution in [0.15, 0.2) is 186 Å². The standard InChI is InChI=1S/C50H33NOS/c1-50(42-17-8-5-14-37(42)38-15-6-9-18-43(38)50)34-24-28-45-40(30-34)41-31-36(27-29-46(41)52-45)51(35-25-22-33(23-26-35)32-12-3-2-4-13-32)44-19-11-21-48-49(44)39-16-7-10-20-47(39)53-48/h2-31H,1H3. The molecule has 0 amide bonds. The average Bonchev–Trinajstić information content (AvgIpc) is 3.87. The molecule has 0 bridgehead atoms. The predicted octanol–water partition coefficient (Wildman–Crippen LogP) is 14.4. The van der Waals surface area contributed by atoms with E-state index in [4.69, 9.17) is 4.42 Å². The van der Waals surface area contributed by atoms with E-state index < -0.39 is 0 Å². The number of furan rings is 1. The molecule has 2 heterocycles. The molecule has 0 saturated heterocycles. The summed E-state index contributed by atoms with van der Waals surface area (Å²) in [6.07, 6.45) is 0. The Bertz CT molecular complexity index is 2980. The molecule has 1 aliphatic rings. The minimum Gasteiger partial charge on any atom is -0.456 e. The van der Waals surface area contributed by atoms with Gasteiger partial charge in [-0.1, -0.05) is 121 Å². The van der Waals surface area contributed by atoms with Crippen LogP contribution in [0.5, 0.6) is 0 Å². The number of rotatable bonds is 5. The Morgan fingerprint density at radius 2 is 1.08 bits per heavy atom. The molecule has 0 unspecified atom stereocenters. The van der Waals surface area contributed by atoms with Gasteiger partial charge in [0, 0.05) is 47.7 Å². The third-order valence-electron chi connectivity index (χ3n) is 11.4. The quantitative estimate of drug-likeness (QED) is 0.178. The lowest BCUT2D eigenvalue weighted by atomic mass is 9.74. The zero-order valence-electron chi connectivity index (χ0n) is 29.1. The number of anilines is 3. The van der Waals surface area contributed by atoms with E-state index in [0.29, 0.717) is 0 Å². The molecule has 2 nitrogen and oxygen atoms in total. The monoisotopic (exact) mass is 695 g/mol. The third kappa shape index (κ3) is 4.51. The van der Waals surface area contributed by atoms with Gasteiger partial charge < -0.3 is 9.32 Å². The minimum atomic E-state index is -0.287. The molecule has 8 aromatic carbocycles. The van der Waals surface area contributed by atoms with Crippen molar-refractivity contribution in [1.82, 2.24) is 0 Å². The number of fused-ring (bicyclic) bond motifs is 9. The Labute approximate surface area is 311 Å². The summed E-state index contributed by atoms with van der Waals surface area (Å²) in [5, 5.41) is 4.78. The van der Waals surface area contributed by atoms with Crippen LogP contribution in [-0.4, -0.2) is 0 Å². The van der Waals surface area contributed by atoms with E-state index in [1.54, 1.807) is 0 Å². The van der Waals surface area contributed by atoms with Crippen molar-refractivity contribution in [3.8, 4) is 22.3 Å². The molecule has 11 rings (SSSR count). The summed E-state index contributed by atoms with van der Waals surface area (Å²) >= 11 is 1.85. The van der Waals surface area contributed by atoms with Crippen LogP contribution >= 0.6 is 11.3 Å². The van der Waals surface area contributed by atoms with Gasteiger partial charge in [0.1, 0.15) is 11.2 Å². The van der Waals surface area contributed by atoms with E-state index in [2.05, 4.69) is 194 Å². The molecule has 0 N–H and O–H groups in total. The zero-order chi connectivity index (χ0) is 35.1. The molecule has 0 atom stereocenters. The summed E-state index contributed by atoms with van der Waals surface area (Å²) in [7, 11) is 0. The Balaban J connectivity index is 1.12. The first-order valence-electron chi connectivity index (χ1n) is 18.2. The van der Waals surface area contributed by atoms with Gasteiger partial charge in [0.05, 0.1) is 5.69 Å². The zero-order valence-corrected chi connectivity index (χ0v) is 29.9. The first kappa shape index (κ1) is 30.2. The molecule has 250 valence electrons. The fourth-order valence-corrected chi connectivity index (χ4v) is 9.91. The van der Waals surface area contributed by atoms with Crippen molar-refractivity contribution in [1.29, 1.82) is 0 Å². The topological polar surface area (TPSA) is 16.4 Å². The normalized spacial score (nSPS) is 13.2. The van der Waals surface area contributed by atoms with Gasteiger partial charge in [0.2, 0.25) is 0 Å². The molecular weight excluding hydrogens is 663 g/mol. The summed E-state index contributed by atoms with van der Waals surface area (Å²) in [5.74, 6) is 0. The molecule has 10 aromatic rings. The molecule has 2 aromatic heterocycles. The van der Waals surface area contributed by atoms with Crippen molar-refractivity contribution < 1.29 is 4.42 Å². The Morgan fingerprint density at radius 3 is 1.85 bits per heavy atom. The predicted molar refractivity (Wildman–Crippen MR) is 224 cm³/mol. The first-order valence-corrected chi connectivity index (χ1v) is 19.0. The smallest absolute Gasteiger partial charge is 0.135 e. The van der Waals surface area contributed by atoms with Gasteiger partial charge in [-0.2, -0.15) is 0 Å². The second-order valence-electron chi connectivity index (χ2n) is 14.2. The van der Waals surface area contributed by atoms with Crippen LogP contribution in [0.3, 0.4) is 0 Å². The van der Waals surface area contributed by atoms with Crippen LogP contribution in [0.25, 0.3) is 64.4 Å². The number of hydrogen-bond donors (Lipinski definition) is 0. The highest BCUT2D eigenvalue weighted by molar-refractivity contribution is 7.26. The molecule has 53 heavy (non-hydrogen) atoms. The maximum absolute atomic E-state index is 6.55. The lowest BCUT2D eigenvalue weighted by Crippen LogP contribution is -2.22. The van der Waals surface area contributed by atoms with Crippen molar-refractivity contribution in [2.45, 2.75) is 12.3 Å². The average molecular weight is 696 g/mol. The summed E-state index contributed by atoms with van der Waals surface area (Å²) < 4.78 is 9.12. The summed E-state index contributed by atoms with van der Waals surface area (Å²) in [5.41, 5.74) is 13.8. The van der Waals surface area contributed by atoms with Gasteiger partial charge in [-0.15, -0.1) is 11.3 Å². The van der Waals surface area contributed by atoms with Crippen LogP contribution in [0.2, 0.25) is 0 Å². The van der Waals surface area contributed by atoms with E-state index in [-0.39, 0.29) is 5.41 Å². The summed E-state index contributed by atoms with van der Waals surface area (Å²) in [6, 6.07) is 66.2. The fraction of sp³-hybridized carbons (Fsp3) is 0.0400. The van der Waals surface area contributed by atoms with E-state index in [1.165, 1.54) is 59.1 Å². The highest BCUT2D eigenvalue weighted by atomic mass is 32.1. The first-order chi connectivity index (χ1) is 26.1. The lowest BCUT2D eigenvalue weighted by Gasteiger charge is -2.28. The largest absolute Gasteiger partial charge is 0.456 e. The van der Waals surface area contributed by atoms with Crippen LogP contribution < -0.4 is 4.90 Å². The van der Waals surface area contributed by atoms with E-state index >= 15 is 0 Å². The van der Waals surface area contributed by atoms with Crippen LogP contribution in [0.4, 0.5) is 17.1 Å². The number of thiophene rings is 1. The molecule has 0 saturated carbocycles. The van der Waals surface area contributed by atoms with Gasteiger partial charge in [0.15, 0.2) is 0 Å². The van der Waals surface area contributed by atoms with E-state index in [9.17, 15) is 0 Å². The molecule has 0 spiro atoms. The highest BCUT2D eigenvalue weighted by Crippen LogP contribution is 2.53. The number of benzene rings is 8. The molecule has 3 heteroatoms. The maximum atomic E-state index is 6.55. The van der Waals surface area contributed by atoms with Crippen molar-refractivity contribution in [3.05, 3.63) is 199 Å². The maximum Gasteiger partial charge on any atom is 0.135 e. The van der Waals surface area contributed by atoms with Crippen molar-refractivity contribution in [3.63, 3.8) is 0 Å². The van der Waals surface area contributed by atoms with Gasteiger partial charge >= 0.3 is 0 Å². The van der Waals surface area contributed by atoms with Crippen LogP contribution in [-0.2, 0) is 5.41 Å². The van der Waals surface area contributed by atoms with E-state index in [0.717, 1.165) is 39.0 Å². The number of nitrogens with zero attached hydrogens (tertiary/aromatic N) is 1. The Kier molecular flexibility index (Phi) is 6.58. The molecule has 1 aliphatic carbocycles. The minimum absolute atomic E-state index is 0.287. The van der Waals surface area contributed by atoms with Gasteiger partial charge in [-0.25, -0.2) is 0 Å². The Hall–Kier alpha value is -6.42. The second-order valence-corrected chi connectivity index (χ2v) is 15.3. The molecule has 0 aliphatic heterocycles. The van der Waals surface area contributed by atoms with Crippen LogP contribution in [0.1, 0.15) is 23.6 Å². The molecule has 0 radical (unpaired) electrons. The lowest BCUT2D eigenvalue weighted by molar-refractivity contribution is 0.667. The van der Waals surface area contributed by atoms with E-state index in [1.807, 2.05) is 11.3 Å². The highest BCUT2D eigenvalue weighted by Gasteiger charge is 2.40. The second kappa shape index (κ2) is 11.5. The summed E-state index contributed by atoms with van der Waals surface area (Å²) in [6.45, 7) is 2.37. The Morgan fingerprint density at radius 1 is 0.472 bits per heavy atom.